The number of carbonyl (C=O) groups excluding carboxylic acids is 1. The number of rotatable bonds is 7. The summed E-state index contributed by atoms with van der Waals surface area (Å²) in [6.45, 7) is 1.35. The van der Waals surface area contributed by atoms with Gasteiger partial charge in [-0.3, -0.25) is 4.79 Å². The molecule has 1 heterocycles. The summed E-state index contributed by atoms with van der Waals surface area (Å²) < 4.78 is 2.20. The van der Waals surface area contributed by atoms with Crippen molar-refractivity contribution in [3.63, 3.8) is 0 Å². The monoisotopic (exact) mass is 293 g/mol. The third-order valence-corrected chi connectivity index (χ3v) is 3.78. The zero-order chi connectivity index (χ0) is 15.2. The number of nitrogens with zero attached hydrogens (tertiary/aromatic N) is 2. The Morgan fingerprint density at radius 3 is 2.59 bits per heavy atom. The second-order valence-corrected chi connectivity index (χ2v) is 5.23. The second kappa shape index (κ2) is 6.89. The molecule has 0 fully saturated rings. The van der Waals surface area contributed by atoms with Gasteiger partial charge in [-0.1, -0.05) is 42.5 Å². The molecule has 0 aliphatic carbocycles. The van der Waals surface area contributed by atoms with Crippen LogP contribution in [0.5, 0.6) is 0 Å². The first-order chi connectivity index (χ1) is 10.9. The molecule has 0 saturated carbocycles. The van der Waals surface area contributed by atoms with Gasteiger partial charge in [-0.25, -0.2) is 4.98 Å². The number of benzene rings is 2. The molecule has 1 N–H and O–H groups in total. The molecule has 4 heteroatoms. The lowest BCUT2D eigenvalue weighted by Crippen LogP contribution is -2.19. The van der Waals surface area contributed by atoms with E-state index in [1.807, 2.05) is 24.3 Å². The second-order valence-electron chi connectivity index (χ2n) is 5.23. The standard InChI is InChI=1S/C18H19N3O/c22-14-19-12-13-21-17-9-5-4-8-16(17)20-18(21)11-10-15-6-2-1-3-7-15/h1-9,14H,10-13H2,(H,19,22). The van der Waals surface area contributed by atoms with Crippen molar-refractivity contribution in [2.24, 2.45) is 0 Å². The molecule has 0 radical (unpaired) electrons. The topological polar surface area (TPSA) is 46.9 Å². The van der Waals surface area contributed by atoms with Crippen LogP contribution in [0.2, 0.25) is 0 Å². The number of aromatic nitrogens is 2. The number of fused-ring (bicyclic) bond motifs is 1. The molecule has 0 bridgehead atoms. The lowest BCUT2D eigenvalue weighted by molar-refractivity contribution is -0.109. The molecule has 3 aromatic rings. The van der Waals surface area contributed by atoms with Gasteiger partial charge in [0.15, 0.2) is 0 Å². The Labute approximate surface area is 129 Å². The van der Waals surface area contributed by atoms with Gasteiger partial charge in [-0.15, -0.1) is 0 Å². The van der Waals surface area contributed by atoms with Crippen molar-refractivity contribution in [2.75, 3.05) is 6.54 Å². The first-order valence-electron chi connectivity index (χ1n) is 7.53. The average molecular weight is 293 g/mol. The summed E-state index contributed by atoms with van der Waals surface area (Å²) in [5, 5.41) is 2.72. The highest BCUT2D eigenvalue weighted by molar-refractivity contribution is 5.75. The molecule has 0 saturated heterocycles. The number of amides is 1. The molecule has 1 aromatic heterocycles. The van der Waals surface area contributed by atoms with E-state index in [0.717, 1.165) is 42.7 Å². The van der Waals surface area contributed by atoms with E-state index in [4.69, 9.17) is 4.98 Å². The highest BCUT2D eigenvalue weighted by atomic mass is 16.1. The third-order valence-electron chi connectivity index (χ3n) is 3.78. The van der Waals surface area contributed by atoms with Gasteiger partial charge in [-0.05, 0) is 24.1 Å². The minimum atomic E-state index is 0.613. The van der Waals surface area contributed by atoms with E-state index in [-0.39, 0.29) is 0 Å². The number of aryl methyl sites for hydroxylation is 2. The predicted molar refractivity (Wildman–Crippen MR) is 87.6 cm³/mol. The molecule has 1 amide bonds. The van der Waals surface area contributed by atoms with E-state index in [0.29, 0.717) is 6.54 Å². The minimum absolute atomic E-state index is 0.613. The van der Waals surface area contributed by atoms with Crippen molar-refractivity contribution in [2.45, 2.75) is 19.4 Å². The zero-order valence-electron chi connectivity index (χ0n) is 12.4. The van der Waals surface area contributed by atoms with Gasteiger partial charge in [0, 0.05) is 19.5 Å². The minimum Gasteiger partial charge on any atom is -0.357 e. The number of para-hydroxylation sites is 2. The van der Waals surface area contributed by atoms with Crippen molar-refractivity contribution in [3.8, 4) is 0 Å². The largest absolute Gasteiger partial charge is 0.357 e. The number of hydrogen-bond donors (Lipinski definition) is 1. The fraction of sp³-hybridized carbons (Fsp3) is 0.222. The van der Waals surface area contributed by atoms with Crippen molar-refractivity contribution in [3.05, 3.63) is 66.0 Å². The summed E-state index contributed by atoms with van der Waals surface area (Å²) in [4.78, 5) is 15.2. The Balaban J connectivity index is 1.83. The van der Waals surface area contributed by atoms with Gasteiger partial charge in [0.25, 0.3) is 0 Å². The quantitative estimate of drug-likeness (QED) is 0.537. The number of carbonyl (C=O) groups is 1. The fourth-order valence-corrected chi connectivity index (χ4v) is 2.70. The molecule has 3 rings (SSSR count). The van der Waals surface area contributed by atoms with Crippen LogP contribution < -0.4 is 5.32 Å². The molecular formula is C18H19N3O. The molecule has 0 spiro atoms. The predicted octanol–water partition coefficient (Wildman–Crippen LogP) is 2.57. The number of hydrogen-bond acceptors (Lipinski definition) is 2. The van der Waals surface area contributed by atoms with Gasteiger partial charge >= 0.3 is 0 Å². The van der Waals surface area contributed by atoms with E-state index in [2.05, 4.69) is 40.2 Å². The summed E-state index contributed by atoms with van der Waals surface area (Å²) in [5.74, 6) is 1.07. The number of imidazole rings is 1. The molecule has 112 valence electrons. The first-order valence-corrected chi connectivity index (χ1v) is 7.53. The molecule has 0 atom stereocenters. The van der Waals surface area contributed by atoms with Gasteiger partial charge < -0.3 is 9.88 Å². The van der Waals surface area contributed by atoms with E-state index in [1.54, 1.807) is 0 Å². The summed E-state index contributed by atoms with van der Waals surface area (Å²) in [6, 6.07) is 18.6. The fourth-order valence-electron chi connectivity index (χ4n) is 2.70. The van der Waals surface area contributed by atoms with E-state index in [1.165, 1.54) is 5.56 Å². The maximum atomic E-state index is 10.5. The summed E-state index contributed by atoms with van der Waals surface area (Å²) >= 11 is 0. The normalized spacial score (nSPS) is 10.7. The molecule has 0 aliphatic heterocycles. The van der Waals surface area contributed by atoms with Gasteiger partial charge in [0.05, 0.1) is 11.0 Å². The highest BCUT2D eigenvalue weighted by Crippen LogP contribution is 2.17. The average Bonchev–Trinajstić information content (AvgIpc) is 2.92. The Kier molecular flexibility index (Phi) is 4.49. The van der Waals surface area contributed by atoms with Crippen LogP contribution in [-0.4, -0.2) is 22.5 Å². The summed E-state index contributed by atoms with van der Waals surface area (Å²) in [6.07, 6.45) is 2.59. The van der Waals surface area contributed by atoms with Gasteiger partial charge in [0.1, 0.15) is 5.82 Å². The lowest BCUT2D eigenvalue weighted by Gasteiger charge is -2.09. The molecule has 0 aliphatic rings. The van der Waals surface area contributed by atoms with Crippen molar-refractivity contribution < 1.29 is 4.79 Å². The zero-order valence-corrected chi connectivity index (χ0v) is 12.4. The SMILES string of the molecule is O=CNCCn1c(CCc2ccccc2)nc2ccccc21. The molecule has 4 nitrogen and oxygen atoms in total. The highest BCUT2D eigenvalue weighted by Gasteiger charge is 2.10. The Hall–Kier alpha value is -2.62. The molecule has 22 heavy (non-hydrogen) atoms. The van der Waals surface area contributed by atoms with Crippen LogP contribution in [-0.2, 0) is 24.2 Å². The van der Waals surface area contributed by atoms with Crippen LogP contribution >= 0.6 is 0 Å². The van der Waals surface area contributed by atoms with Gasteiger partial charge in [-0.2, -0.15) is 0 Å². The van der Waals surface area contributed by atoms with Crippen molar-refractivity contribution in [1.29, 1.82) is 0 Å². The first kappa shape index (κ1) is 14.3. The van der Waals surface area contributed by atoms with E-state index in [9.17, 15) is 4.79 Å². The van der Waals surface area contributed by atoms with E-state index < -0.39 is 0 Å². The van der Waals surface area contributed by atoms with Gasteiger partial charge in [0.2, 0.25) is 6.41 Å². The van der Waals surface area contributed by atoms with Crippen LogP contribution in [0.25, 0.3) is 11.0 Å². The molecular weight excluding hydrogens is 274 g/mol. The van der Waals surface area contributed by atoms with E-state index >= 15 is 0 Å². The van der Waals surface area contributed by atoms with Crippen molar-refractivity contribution in [1.82, 2.24) is 14.9 Å². The maximum absolute atomic E-state index is 10.5. The Morgan fingerprint density at radius 2 is 1.77 bits per heavy atom. The van der Waals surface area contributed by atoms with Crippen LogP contribution in [0.1, 0.15) is 11.4 Å². The van der Waals surface area contributed by atoms with Crippen LogP contribution in [0.4, 0.5) is 0 Å². The summed E-state index contributed by atoms with van der Waals surface area (Å²) in [7, 11) is 0. The maximum Gasteiger partial charge on any atom is 0.207 e. The van der Waals surface area contributed by atoms with Crippen LogP contribution in [0.3, 0.4) is 0 Å². The van der Waals surface area contributed by atoms with Crippen LogP contribution in [0.15, 0.2) is 54.6 Å². The number of nitrogens with one attached hydrogen (secondary N) is 1. The Morgan fingerprint density at radius 1 is 1.00 bits per heavy atom. The molecule has 0 unspecified atom stereocenters. The van der Waals surface area contributed by atoms with Crippen molar-refractivity contribution >= 4 is 17.4 Å². The summed E-state index contributed by atoms with van der Waals surface area (Å²) in [5.41, 5.74) is 3.45. The lowest BCUT2D eigenvalue weighted by atomic mass is 10.1. The van der Waals surface area contributed by atoms with Crippen LogP contribution in [0, 0.1) is 0 Å². The smallest absolute Gasteiger partial charge is 0.207 e. The Bertz CT molecular complexity index is 749. The molecule has 2 aromatic carbocycles. The third kappa shape index (κ3) is 3.17.